The van der Waals surface area contributed by atoms with Crippen molar-refractivity contribution in [3.8, 4) is 0 Å². The molecule has 2 aliphatic rings. The summed E-state index contributed by atoms with van der Waals surface area (Å²) in [6.07, 6.45) is 7.33. The third kappa shape index (κ3) is 1.15. The van der Waals surface area contributed by atoms with E-state index in [-0.39, 0.29) is 5.91 Å². The van der Waals surface area contributed by atoms with Gasteiger partial charge in [0.1, 0.15) is 0 Å². The highest BCUT2D eigenvalue weighted by atomic mass is 16.2. The number of nitrogens with zero attached hydrogens (tertiary/aromatic N) is 1. The second kappa shape index (κ2) is 2.92. The molecule has 1 amide bonds. The molecule has 1 aliphatic carbocycles. The fraction of sp³-hybridized carbons (Fsp3) is 0.700. The van der Waals surface area contributed by atoms with E-state index in [2.05, 4.69) is 0 Å². The predicted octanol–water partition coefficient (Wildman–Crippen LogP) is 1.57. The van der Waals surface area contributed by atoms with Crippen LogP contribution in [-0.2, 0) is 4.79 Å². The quantitative estimate of drug-likeness (QED) is 0.540. The molecule has 1 saturated heterocycles. The summed E-state index contributed by atoms with van der Waals surface area (Å²) in [4.78, 5) is 13.5. The summed E-state index contributed by atoms with van der Waals surface area (Å²) in [7, 11) is 0. The molecule has 0 radical (unpaired) electrons. The maximum absolute atomic E-state index is 11.5. The first-order valence-electron chi connectivity index (χ1n) is 4.74. The van der Waals surface area contributed by atoms with E-state index in [1.807, 2.05) is 17.9 Å². The van der Waals surface area contributed by atoms with Crippen molar-refractivity contribution >= 4 is 5.91 Å². The molecule has 1 heterocycles. The molecule has 2 rings (SSSR count). The lowest BCUT2D eigenvalue weighted by molar-refractivity contribution is -0.127. The SMILES string of the molecule is CC=CC(=O)N1CC2CCC1C2. The Morgan fingerprint density at radius 3 is 2.83 bits per heavy atom. The number of carbonyl (C=O) groups excluding carboxylic acids is 1. The van der Waals surface area contributed by atoms with Gasteiger partial charge < -0.3 is 4.90 Å². The Labute approximate surface area is 73.2 Å². The number of allylic oxidation sites excluding steroid dienone is 1. The molecule has 2 atom stereocenters. The van der Waals surface area contributed by atoms with Gasteiger partial charge in [-0.25, -0.2) is 0 Å². The molecular formula is C10H15NO. The van der Waals surface area contributed by atoms with Gasteiger partial charge in [0.2, 0.25) is 5.91 Å². The first-order chi connectivity index (χ1) is 5.81. The van der Waals surface area contributed by atoms with Gasteiger partial charge in [-0.3, -0.25) is 4.79 Å². The summed E-state index contributed by atoms with van der Waals surface area (Å²) in [6.45, 7) is 2.90. The molecule has 0 aromatic rings. The zero-order valence-corrected chi connectivity index (χ0v) is 7.49. The summed E-state index contributed by atoms with van der Waals surface area (Å²) in [6, 6.07) is 0.568. The van der Waals surface area contributed by atoms with Crippen LogP contribution in [0, 0.1) is 5.92 Å². The van der Waals surface area contributed by atoms with E-state index in [1.54, 1.807) is 6.08 Å². The van der Waals surface area contributed by atoms with Crippen molar-refractivity contribution in [2.45, 2.75) is 32.2 Å². The van der Waals surface area contributed by atoms with E-state index in [0.717, 1.165) is 12.5 Å². The smallest absolute Gasteiger partial charge is 0.246 e. The average molecular weight is 165 g/mol. The molecule has 66 valence electrons. The molecule has 2 bridgehead atoms. The molecule has 1 saturated carbocycles. The molecule has 0 aromatic carbocycles. The van der Waals surface area contributed by atoms with Gasteiger partial charge in [-0.2, -0.15) is 0 Å². The molecule has 0 spiro atoms. The highest BCUT2D eigenvalue weighted by molar-refractivity contribution is 5.88. The van der Waals surface area contributed by atoms with E-state index >= 15 is 0 Å². The Morgan fingerprint density at radius 1 is 1.50 bits per heavy atom. The standard InChI is InChI=1S/C10H15NO/c1-2-3-10(12)11-7-8-4-5-9(11)6-8/h2-3,8-9H,4-7H2,1H3. The summed E-state index contributed by atoms with van der Waals surface area (Å²) in [5, 5.41) is 0. The summed E-state index contributed by atoms with van der Waals surface area (Å²) in [5.74, 6) is 1.02. The Bertz CT molecular complexity index is 222. The molecule has 2 fully saturated rings. The summed E-state index contributed by atoms with van der Waals surface area (Å²) in [5.41, 5.74) is 0. The van der Waals surface area contributed by atoms with Crippen LogP contribution in [0.25, 0.3) is 0 Å². The van der Waals surface area contributed by atoms with Gasteiger partial charge in [0.15, 0.2) is 0 Å². The number of hydrogen-bond donors (Lipinski definition) is 0. The van der Waals surface area contributed by atoms with Gasteiger partial charge in [-0.15, -0.1) is 0 Å². The van der Waals surface area contributed by atoms with Crippen LogP contribution < -0.4 is 0 Å². The molecule has 1 aliphatic heterocycles. The number of likely N-dealkylation sites (tertiary alicyclic amines) is 1. The van der Waals surface area contributed by atoms with Crippen LogP contribution in [0.1, 0.15) is 26.2 Å². The van der Waals surface area contributed by atoms with Crippen LogP contribution in [0.5, 0.6) is 0 Å². The molecular weight excluding hydrogens is 150 g/mol. The normalized spacial score (nSPS) is 33.6. The molecule has 2 nitrogen and oxygen atoms in total. The van der Waals surface area contributed by atoms with Crippen molar-refractivity contribution in [2.24, 2.45) is 5.92 Å². The lowest BCUT2D eigenvalue weighted by Gasteiger charge is -2.25. The number of piperidine rings is 1. The van der Waals surface area contributed by atoms with Crippen molar-refractivity contribution in [3.63, 3.8) is 0 Å². The van der Waals surface area contributed by atoms with Gasteiger partial charge in [-0.05, 0) is 38.2 Å². The first kappa shape index (κ1) is 7.84. The zero-order chi connectivity index (χ0) is 8.55. The maximum atomic E-state index is 11.5. The average Bonchev–Trinajstić information content (AvgIpc) is 2.64. The van der Waals surface area contributed by atoms with Crippen molar-refractivity contribution < 1.29 is 4.79 Å². The van der Waals surface area contributed by atoms with Gasteiger partial charge in [0.25, 0.3) is 0 Å². The molecule has 2 unspecified atom stereocenters. The van der Waals surface area contributed by atoms with Crippen molar-refractivity contribution in [3.05, 3.63) is 12.2 Å². The Morgan fingerprint density at radius 2 is 2.33 bits per heavy atom. The predicted molar refractivity (Wildman–Crippen MR) is 47.7 cm³/mol. The van der Waals surface area contributed by atoms with Crippen LogP contribution in [0.3, 0.4) is 0 Å². The minimum atomic E-state index is 0.213. The van der Waals surface area contributed by atoms with Crippen molar-refractivity contribution in [1.29, 1.82) is 0 Å². The molecule has 0 N–H and O–H groups in total. The van der Waals surface area contributed by atoms with E-state index in [4.69, 9.17) is 0 Å². The van der Waals surface area contributed by atoms with Crippen LogP contribution >= 0.6 is 0 Å². The highest BCUT2D eigenvalue weighted by Crippen LogP contribution is 2.37. The summed E-state index contributed by atoms with van der Waals surface area (Å²) < 4.78 is 0. The van der Waals surface area contributed by atoms with Crippen LogP contribution in [-0.4, -0.2) is 23.4 Å². The Balaban J connectivity index is 2.02. The molecule has 2 heteroatoms. The van der Waals surface area contributed by atoms with Crippen LogP contribution in [0.2, 0.25) is 0 Å². The highest BCUT2D eigenvalue weighted by Gasteiger charge is 2.39. The third-order valence-electron chi connectivity index (χ3n) is 3.00. The summed E-state index contributed by atoms with van der Waals surface area (Å²) >= 11 is 0. The molecule has 12 heavy (non-hydrogen) atoms. The first-order valence-corrected chi connectivity index (χ1v) is 4.74. The zero-order valence-electron chi connectivity index (χ0n) is 7.49. The van der Waals surface area contributed by atoms with Crippen LogP contribution in [0.15, 0.2) is 12.2 Å². The lowest BCUT2D eigenvalue weighted by Crippen LogP contribution is -2.36. The van der Waals surface area contributed by atoms with Crippen LogP contribution in [0.4, 0.5) is 0 Å². The Kier molecular flexibility index (Phi) is 1.91. The van der Waals surface area contributed by atoms with E-state index in [0.29, 0.717) is 6.04 Å². The molecule has 0 aromatic heterocycles. The lowest BCUT2D eigenvalue weighted by atomic mass is 10.1. The van der Waals surface area contributed by atoms with Gasteiger partial charge in [0, 0.05) is 12.6 Å². The minimum Gasteiger partial charge on any atom is -0.336 e. The van der Waals surface area contributed by atoms with Crippen molar-refractivity contribution in [2.75, 3.05) is 6.54 Å². The number of hydrogen-bond acceptors (Lipinski definition) is 1. The second-order valence-electron chi connectivity index (χ2n) is 3.82. The fourth-order valence-corrected chi connectivity index (χ4v) is 2.43. The topological polar surface area (TPSA) is 20.3 Å². The minimum absolute atomic E-state index is 0.213. The second-order valence-corrected chi connectivity index (χ2v) is 3.82. The largest absolute Gasteiger partial charge is 0.336 e. The number of amides is 1. The fourth-order valence-electron chi connectivity index (χ4n) is 2.43. The number of carbonyl (C=O) groups is 1. The maximum Gasteiger partial charge on any atom is 0.246 e. The monoisotopic (exact) mass is 165 g/mol. The van der Waals surface area contributed by atoms with E-state index in [1.165, 1.54) is 19.3 Å². The third-order valence-corrected chi connectivity index (χ3v) is 3.00. The van der Waals surface area contributed by atoms with Crippen molar-refractivity contribution in [1.82, 2.24) is 4.90 Å². The van der Waals surface area contributed by atoms with Gasteiger partial charge in [-0.1, -0.05) is 6.08 Å². The Hall–Kier alpha value is -0.790. The number of rotatable bonds is 1. The van der Waals surface area contributed by atoms with E-state index in [9.17, 15) is 4.79 Å². The van der Waals surface area contributed by atoms with E-state index < -0.39 is 0 Å². The number of fused-ring (bicyclic) bond motifs is 2. The van der Waals surface area contributed by atoms with Gasteiger partial charge in [0.05, 0.1) is 0 Å². The van der Waals surface area contributed by atoms with Gasteiger partial charge >= 0.3 is 0 Å².